The lowest BCUT2D eigenvalue weighted by atomic mass is 10.0. The van der Waals surface area contributed by atoms with Crippen LogP contribution in [0.2, 0.25) is 0 Å². The molecule has 0 saturated carbocycles. The van der Waals surface area contributed by atoms with Crippen LogP contribution in [0.1, 0.15) is 24.8 Å². The van der Waals surface area contributed by atoms with Crippen molar-refractivity contribution in [2.45, 2.75) is 25.8 Å². The van der Waals surface area contributed by atoms with Gasteiger partial charge in [-0.15, -0.1) is 0 Å². The minimum absolute atomic E-state index is 0.0800. The van der Waals surface area contributed by atoms with Crippen LogP contribution in [0.15, 0.2) is 28.7 Å². The van der Waals surface area contributed by atoms with Gasteiger partial charge in [-0.2, -0.15) is 0 Å². The Labute approximate surface area is 132 Å². The van der Waals surface area contributed by atoms with Gasteiger partial charge in [0.25, 0.3) is 0 Å². The Kier molecular flexibility index (Phi) is 5.61. The van der Waals surface area contributed by atoms with E-state index in [1.165, 1.54) is 0 Å². The fourth-order valence-corrected chi connectivity index (χ4v) is 2.93. The van der Waals surface area contributed by atoms with E-state index in [1.807, 2.05) is 24.3 Å². The molecule has 0 aliphatic carbocycles. The van der Waals surface area contributed by atoms with E-state index in [2.05, 4.69) is 21.2 Å². The summed E-state index contributed by atoms with van der Waals surface area (Å²) in [5, 5.41) is 11.6. The van der Waals surface area contributed by atoms with Gasteiger partial charge >= 0.3 is 12.0 Å². The van der Waals surface area contributed by atoms with Crippen molar-refractivity contribution in [1.29, 1.82) is 0 Å². The molecule has 21 heavy (non-hydrogen) atoms. The number of halogens is 1. The molecule has 1 aliphatic heterocycles. The zero-order valence-corrected chi connectivity index (χ0v) is 13.3. The SMILES string of the molecule is O=C(O)CCC1CCN(C(=O)NCc2ccccc2Br)C1. The summed E-state index contributed by atoms with van der Waals surface area (Å²) >= 11 is 3.45. The first-order valence-electron chi connectivity index (χ1n) is 7.04. The minimum atomic E-state index is -0.771. The van der Waals surface area contributed by atoms with Crippen molar-refractivity contribution in [3.63, 3.8) is 0 Å². The maximum Gasteiger partial charge on any atom is 0.317 e. The molecule has 1 atom stereocenters. The van der Waals surface area contributed by atoms with Crippen molar-refractivity contribution in [2.75, 3.05) is 13.1 Å². The van der Waals surface area contributed by atoms with Crippen LogP contribution >= 0.6 is 15.9 Å². The fourth-order valence-electron chi connectivity index (χ4n) is 2.50. The number of benzene rings is 1. The van der Waals surface area contributed by atoms with E-state index < -0.39 is 5.97 Å². The zero-order chi connectivity index (χ0) is 15.2. The first-order chi connectivity index (χ1) is 10.1. The standard InChI is InChI=1S/C15H19BrN2O3/c16-13-4-2-1-3-12(13)9-17-15(21)18-8-7-11(10-18)5-6-14(19)20/h1-4,11H,5-10H2,(H,17,21)(H,19,20). The molecule has 1 aliphatic rings. The predicted octanol–water partition coefficient (Wildman–Crippen LogP) is 2.85. The van der Waals surface area contributed by atoms with Crippen molar-refractivity contribution >= 4 is 27.9 Å². The second-order valence-corrected chi connectivity index (χ2v) is 6.14. The van der Waals surface area contributed by atoms with E-state index in [0.29, 0.717) is 32.0 Å². The van der Waals surface area contributed by atoms with Crippen molar-refractivity contribution in [1.82, 2.24) is 10.2 Å². The van der Waals surface area contributed by atoms with Gasteiger partial charge in [0, 0.05) is 30.5 Å². The molecule has 1 aromatic rings. The molecule has 2 N–H and O–H groups in total. The number of carbonyl (C=O) groups is 2. The molecule has 0 aromatic heterocycles. The summed E-state index contributed by atoms with van der Waals surface area (Å²) < 4.78 is 0.978. The summed E-state index contributed by atoms with van der Waals surface area (Å²) in [5.41, 5.74) is 1.03. The summed E-state index contributed by atoms with van der Waals surface area (Å²) in [6, 6.07) is 7.69. The van der Waals surface area contributed by atoms with Crippen LogP contribution in [0.4, 0.5) is 4.79 Å². The number of amides is 2. The van der Waals surface area contributed by atoms with Gasteiger partial charge in [0.1, 0.15) is 0 Å². The third-order valence-corrected chi connectivity index (χ3v) is 4.50. The second-order valence-electron chi connectivity index (χ2n) is 5.28. The third-order valence-electron chi connectivity index (χ3n) is 3.73. The van der Waals surface area contributed by atoms with E-state index in [1.54, 1.807) is 4.90 Å². The second kappa shape index (κ2) is 7.45. The number of rotatable bonds is 5. The van der Waals surface area contributed by atoms with Crippen molar-refractivity contribution in [3.8, 4) is 0 Å². The quantitative estimate of drug-likeness (QED) is 0.853. The topological polar surface area (TPSA) is 69.6 Å². The summed E-state index contributed by atoms with van der Waals surface area (Å²) in [5.74, 6) is -0.470. The van der Waals surface area contributed by atoms with Gasteiger partial charge in [-0.25, -0.2) is 4.79 Å². The average molecular weight is 355 g/mol. The normalized spacial score (nSPS) is 17.8. The first kappa shape index (κ1) is 15.8. The number of urea groups is 1. The van der Waals surface area contributed by atoms with E-state index in [0.717, 1.165) is 16.5 Å². The monoisotopic (exact) mass is 354 g/mol. The number of hydrogen-bond acceptors (Lipinski definition) is 2. The number of carbonyl (C=O) groups excluding carboxylic acids is 1. The number of hydrogen-bond donors (Lipinski definition) is 2. The van der Waals surface area contributed by atoms with Crippen LogP contribution in [0.5, 0.6) is 0 Å². The van der Waals surface area contributed by atoms with E-state index in [9.17, 15) is 9.59 Å². The summed E-state index contributed by atoms with van der Waals surface area (Å²) in [7, 11) is 0. The molecule has 1 unspecified atom stereocenters. The molecule has 0 radical (unpaired) electrons. The summed E-state index contributed by atoms with van der Waals surface area (Å²) in [6.45, 7) is 1.83. The Morgan fingerprint density at radius 2 is 2.14 bits per heavy atom. The molecular formula is C15H19BrN2O3. The number of likely N-dealkylation sites (tertiary alicyclic amines) is 1. The van der Waals surface area contributed by atoms with Gasteiger partial charge in [-0.3, -0.25) is 4.79 Å². The molecule has 5 nitrogen and oxygen atoms in total. The lowest BCUT2D eigenvalue weighted by molar-refractivity contribution is -0.137. The molecule has 1 fully saturated rings. The molecule has 6 heteroatoms. The maximum atomic E-state index is 12.1. The van der Waals surface area contributed by atoms with Crippen LogP contribution in [-0.2, 0) is 11.3 Å². The predicted molar refractivity (Wildman–Crippen MR) is 82.9 cm³/mol. The highest BCUT2D eigenvalue weighted by Crippen LogP contribution is 2.21. The summed E-state index contributed by atoms with van der Waals surface area (Å²) in [4.78, 5) is 24.4. The molecule has 2 rings (SSSR count). The van der Waals surface area contributed by atoms with Gasteiger partial charge in [0.15, 0.2) is 0 Å². The largest absolute Gasteiger partial charge is 0.481 e. The van der Waals surface area contributed by atoms with Crippen LogP contribution in [0, 0.1) is 5.92 Å². The van der Waals surface area contributed by atoms with Crippen LogP contribution in [0.3, 0.4) is 0 Å². The molecular weight excluding hydrogens is 336 g/mol. The van der Waals surface area contributed by atoms with Gasteiger partial charge in [0.2, 0.25) is 0 Å². The Morgan fingerprint density at radius 1 is 1.38 bits per heavy atom. The van der Waals surface area contributed by atoms with Crippen molar-refractivity contribution in [3.05, 3.63) is 34.3 Å². The van der Waals surface area contributed by atoms with Gasteiger partial charge in [0.05, 0.1) is 0 Å². The van der Waals surface area contributed by atoms with Crippen molar-refractivity contribution < 1.29 is 14.7 Å². The van der Waals surface area contributed by atoms with E-state index in [4.69, 9.17) is 5.11 Å². The van der Waals surface area contributed by atoms with Crippen LogP contribution in [0.25, 0.3) is 0 Å². The highest BCUT2D eigenvalue weighted by Gasteiger charge is 2.26. The van der Waals surface area contributed by atoms with E-state index >= 15 is 0 Å². The minimum Gasteiger partial charge on any atom is -0.481 e. The Balaban J connectivity index is 1.77. The Morgan fingerprint density at radius 3 is 2.86 bits per heavy atom. The number of nitrogens with zero attached hydrogens (tertiary/aromatic N) is 1. The molecule has 1 aromatic carbocycles. The highest BCUT2D eigenvalue weighted by atomic mass is 79.9. The van der Waals surface area contributed by atoms with Crippen LogP contribution < -0.4 is 5.32 Å². The first-order valence-corrected chi connectivity index (χ1v) is 7.83. The number of carboxylic acids is 1. The fraction of sp³-hybridized carbons (Fsp3) is 0.467. The zero-order valence-electron chi connectivity index (χ0n) is 11.7. The molecule has 2 amide bonds. The molecule has 1 heterocycles. The average Bonchev–Trinajstić information content (AvgIpc) is 2.93. The lowest BCUT2D eigenvalue weighted by Gasteiger charge is -2.17. The van der Waals surface area contributed by atoms with Gasteiger partial charge in [-0.1, -0.05) is 34.1 Å². The number of nitrogens with one attached hydrogen (secondary N) is 1. The molecule has 114 valence electrons. The lowest BCUT2D eigenvalue weighted by Crippen LogP contribution is -2.38. The molecule has 0 spiro atoms. The third kappa shape index (κ3) is 4.74. The van der Waals surface area contributed by atoms with Gasteiger partial charge in [-0.05, 0) is 30.4 Å². The number of aliphatic carboxylic acids is 1. The van der Waals surface area contributed by atoms with Crippen molar-refractivity contribution in [2.24, 2.45) is 5.92 Å². The Bertz CT molecular complexity index is 521. The van der Waals surface area contributed by atoms with E-state index in [-0.39, 0.29) is 12.5 Å². The molecule has 1 saturated heterocycles. The Hall–Kier alpha value is -1.56. The smallest absolute Gasteiger partial charge is 0.317 e. The highest BCUT2D eigenvalue weighted by molar-refractivity contribution is 9.10. The number of carboxylic acid groups (broad SMARTS) is 1. The van der Waals surface area contributed by atoms with Crippen LogP contribution in [-0.4, -0.2) is 35.1 Å². The summed E-state index contributed by atoms with van der Waals surface area (Å²) in [6.07, 6.45) is 1.70. The molecule has 0 bridgehead atoms. The maximum absolute atomic E-state index is 12.1. The van der Waals surface area contributed by atoms with Gasteiger partial charge < -0.3 is 15.3 Å².